The number of nitrogens with one attached hydrogen (secondary N) is 1. The van der Waals surface area contributed by atoms with Gasteiger partial charge in [0.25, 0.3) is 0 Å². The van der Waals surface area contributed by atoms with Gasteiger partial charge in [-0.1, -0.05) is 12.1 Å². The minimum atomic E-state index is -4.62. The smallest absolute Gasteiger partial charge is 0.433 e. The first-order valence-electron chi connectivity index (χ1n) is 7.06. The third-order valence-electron chi connectivity index (χ3n) is 3.04. The van der Waals surface area contributed by atoms with Crippen LogP contribution in [0.25, 0.3) is 0 Å². The van der Waals surface area contributed by atoms with Gasteiger partial charge in [0.15, 0.2) is 5.69 Å². The molecule has 0 amide bonds. The molecule has 2 aromatic rings. The molecule has 0 radical (unpaired) electrons. The summed E-state index contributed by atoms with van der Waals surface area (Å²) in [6.07, 6.45) is -4.62. The SMILES string of the molecule is CN(C)c1cc(C(F)(F)F)nc(NCc2cccc(OC(F)F)c2)n1. The molecule has 0 aliphatic carbocycles. The topological polar surface area (TPSA) is 50.3 Å². The number of rotatable bonds is 6. The van der Waals surface area contributed by atoms with E-state index in [1.54, 1.807) is 20.2 Å². The molecule has 0 aliphatic heterocycles. The Labute approximate surface area is 140 Å². The number of ether oxygens (including phenoxy) is 1. The minimum Gasteiger partial charge on any atom is -0.435 e. The number of aromatic nitrogens is 2. The molecule has 0 unspecified atom stereocenters. The van der Waals surface area contributed by atoms with Crippen LogP contribution in [0.3, 0.4) is 0 Å². The maximum Gasteiger partial charge on any atom is 0.433 e. The molecule has 136 valence electrons. The van der Waals surface area contributed by atoms with Gasteiger partial charge in [-0.3, -0.25) is 0 Å². The predicted molar refractivity (Wildman–Crippen MR) is 81.8 cm³/mol. The molecule has 5 nitrogen and oxygen atoms in total. The zero-order valence-electron chi connectivity index (χ0n) is 13.3. The molecule has 1 aromatic carbocycles. The van der Waals surface area contributed by atoms with Gasteiger partial charge in [0, 0.05) is 26.7 Å². The van der Waals surface area contributed by atoms with Crippen LogP contribution in [0.1, 0.15) is 11.3 Å². The summed E-state index contributed by atoms with van der Waals surface area (Å²) in [4.78, 5) is 8.85. The van der Waals surface area contributed by atoms with Gasteiger partial charge in [0.05, 0.1) is 0 Å². The maximum absolute atomic E-state index is 12.9. The minimum absolute atomic E-state index is 0.0363. The van der Waals surface area contributed by atoms with Crippen LogP contribution >= 0.6 is 0 Å². The van der Waals surface area contributed by atoms with Crippen LogP contribution in [-0.2, 0) is 12.7 Å². The van der Waals surface area contributed by atoms with Gasteiger partial charge >= 0.3 is 12.8 Å². The van der Waals surface area contributed by atoms with E-state index in [0.717, 1.165) is 6.07 Å². The summed E-state index contributed by atoms with van der Waals surface area (Å²) in [5.41, 5.74) is -0.561. The van der Waals surface area contributed by atoms with Gasteiger partial charge < -0.3 is 15.0 Å². The van der Waals surface area contributed by atoms with Crippen LogP contribution in [0, 0.1) is 0 Å². The van der Waals surface area contributed by atoms with Crippen molar-refractivity contribution in [3.05, 3.63) is 41.6 Å². The van der Waals surface area contributed by atoms with Gasteiger partial charge in [0.1, 0.15) is 11.6 Å². The molecule has 1 N–H and O–H groups in total. The molecule has 0 bridgehead atoms. The quantitative estimate of drug-likeness (QED) is 0.793. The van der Waals surface area contributed by atoms with E-state index in [4.69, 9.17) is 0 Å². The Morgan fingerprint density at radius 2 is 1.88 bits per heavy atom. The fraction of sp³-hybridized carbons (Fsp3) is 0.333. The van der Waals surface area contributed by atoms with Gasteiger partial charge in [-0.2, -0.15) is 26.9 Å². The summed E-state index contributed by atoms with van der Waals surface area (Å²) in [6, 6.07) is 6.63. The van der Waals surface area contributed by atoms with Crippen LogP contribution in [0.2, 0.25) is 0 Å². The fourth-order valence-electron chi connectivity index (χ4n) is 1.90. The Balaban J connectivity index is 2.18. The number of anilines is 2. The van der Waals surface area contributed by atoms with Gasteiger partial charge in [-0.15, -0.1) is 0 Å². The van der Waals surface area contributed by atoms with Crippen LogP contribution in [0.4, 0.5) is 33.7 Å². The van der Waals surface area contributed by atoms with Crippen LogP contribution in [0.5, 0.6) is 5.75 Å². The molecule has 2 rings (SSSR count). The number of hydrogen-bond donors (Lipinski definition) is 1. The molecule has 0 fully saturated rings. The summed E-state index contributed by atoms with van der Waals surface area (Å²) < 4.78 is 67.5. The van der Waals surface area contributed by atoms with Gasteiger partial charge in [-0.25, -0.2) is 4.98 Å². The molecule has 0 aliphatic rings. The molecule has 1 aromatic heterocycles. The van der Waals surface area contributed by atoms with Crippen molar-refractivity contribution in [1.82, 2.24) is 9.97 Å². The lowest BCUT2D eigenvalue weighted by atomic mass is 10.2. The summed E-state index contributed by atoms with van der Waals surface area (Å²) in [6.45, 7) is -2.92. The third-order valence-corrected chi connectivity index (χ3v) is 3.04. The summed E-state index contributed by atoms with van der Waals surface area (Å²) in [5, 5.41) is 2.66. The highest BCUT2D eigenvalue weighted by atomic mass is 19.4. The lowest BCUT2D eigenvalue weighted by Gasteiger charge is -2.16. The summed E-state index contributed by atoms with van der Waals surface area (Å²) in [5.74, 6) is -0.188. The Morgan fingerprint density at radius 3 is 2.48 bits per heavy atom. The first-order chi connectivity index (χ1) is 11.6. The molecule has 0 saturated heterocycles. The molecule has 0 saturated carbocycles. The van der Waals surface area contributed by atoms with Crippen molar-refractivity contribution in [1.29, 1.82) is 0 Å². The predicted octanol–water partition coefficient (Wildman–Crippen LogP) is 3.77. The lowest BCUT2D eigenvalue weighted by molar-refractivity contribution is -0.141. The van der Waals surface area contributed by atoms with Crippen molar-refractivity contribution in [2.24, 2.45) is 0 Å². The first kappa shape index (κ1) is 18.7. The average molecular weight is 362 g/mol. The second-order valence-electron chi connectivity index (χ2n) is 5.21. The normalized spacial score (nSPS) is 11.5. The summed E-state index contributed by atoms with van der Waals surface area (Å²) in [7, 11) is 3.11. The Kier molecular flexibility index (Phi) is 5.60. The standard InChI is InChI=1S/C15H15F5N4O/c1-24(2)12-7-11(15(18,19)20)22-14(23-12)21-8-9-4-3-5-10(6-9)25-13(16)17/h3-7,13H,8H2,1-2H3,(H,21,22,23). The molecule has 1 heterocycles. The van der Waals surface area contributed by atoms with Crippen LogP contribution < -0.4 is 15.0 Å². The molecular weight excluding hydrogens is 347 g/mol. The molecule has 0 spiro atoms. The van der Waals surface area contributed by atoms with E-state index in [1.807, 2.05) is 0 Å². The number of hydrogen-bond acceptors (Lipinski definition) is 5. The summed E-state index contributed by atoms with van der Waals surface area (Å²) >= 11 is 0. The Bertz CT molecular complexity index is 721. The third kappa shape index (κ3) is 5.44. The monoisotopic (exact) mass is 362 g/mol. The van der Waals surface area contributed by atoms with Crippen molar-refractivity contribution in [3.63, 3.8) is 0 Å². The first-order valence-corrected chi connectivity index (χ1v) is 7.06. The average Bonchev–Trinajstić information content (AvgIpc) is 2.51. The Hall–Kier alpha value is -2.65. The van der Waals surface area contributed by atoms with Crippen molar-refractivity contribution < 1.29 is 26.7 Å². The van der Waals surface area contributed by atoms with Gasteiger partial charge in [-0.05, 0) is 17.7 Å². The van der Waals surface area contributed by atoms with Crippen molar-refractivity contribution in [2.45, 2.75) is 19.3 Å². The number of halogens is 5. The fourth-order valence-corrected chi connectivity index (χ4v) is 1.90. The van der Waals surface area contributed by atoms with E-state index in [1.165, 1.54) is 23.1 Å². The highest BCUT2D eigenvalue weighted by Crippen LogP contribution is 2.30. The zero-order valence-corrected chi connectivity index (χ0v) is 13.3. The molecular formula is C15H15F5N4O. The van der Waals surface area contributed by atoms with Gasteiger partial charge in [0.2, 0.25) is 5.95 Å². The maximum atomic E-state index is 12.9. The number of nitrogens with zero attached hydrogens (tertiary/aromatic N) is 3. The zero-order chi connectivity index (χ0) is 18.6. The van der Waals surface area contributed by atoms with E-state index in [2.05, 4.69) is 20.0 Å². The largest absolute Gasteiger partial charge is 0.435 e. The lowest BCUT2D eigenvalue weighted by Crippen LogP contribution is -2.17. The van der Waals surface area contributed by atoms with Crippen molar-refractivity contribution >= 4 is 11.8 Å². The molecule has 25 heavy (non-hydrogen) atoms. The second kappa shape index (κ2) is 7.49. The van der Waals surface area contributed by atoms with Crippen LogP contribution in [0.15, 0.2) is 30.3 Å². The van der Waals surface area contributed by atoms with E-state index >= 15 is 0 Å². The molecule has 10 heteroatoms. The van der Waals surface area contributed by atoms with Crippen LogP contribution in [-0.4, -0.2) is 30.7 Å². The highest BCUT2D eigenvalue weighted by molar-refractivity contribution is 5.44. The van der Waals surface area contributed by atoms with E-state index in [9.17, 15) is 22.0 Å². The number of benzene rings is 1. The second-order valence-corrected chi connectivity index (χ2v) is 5.21. The van der Waals surface area contributed by atoms with E-state index < -0.39 is 18.5 Å². The Morgan fingerprint density at radius 1 is 1.16 bits per heavy atom. The van der Waals surface area contributed by atoms with Crippen molar-refractivity contribution in [2.75, 3.05) is 24.3 Å². The van der Waals surface area contributed by atoms with E-state index in [0.29, 0.717) is 5.56 Å². The number of alkyl halides is 5. The van der Waals surface area contributed by atoms with Crippen molar-refractivity contribution in [3.8, 4) is 5.75 Å². The van der Waals surface area contributed by atoms with E-state index in [-0.39, 0.29) is 24.1 Å². The highest BCUT2D eigenvalue weighted by Gasteiger charge is 2.34. The molecule has 0 atom stereocenters.